The number of ether oxygens (including phenoxy) is 1. The lowest BCUT2D eigenvalue weighted by Crippen LogP contribution is -2.46. The fourth-order valence-electron chi connectivity index (χ4n) is 2.40. The molecule has 3 rings (SSSR count). The molecule has 2 aromatic rings. The number of carbonyl (C=O) groups excluding carboxylic acids is 1. The standard InChI is InChI=1S/C16H19N3O2S.ClH/c1-12-18-14(11-22-12)10-21-15-4-2-3-13(9-15)16(20)19-7-5-17-6-8-19;/h2-4,9,11,17H,5-8,10H2,1H3;1H. The van der Waals surface area contributed by atoms with Crippen LogP contribution in [0.3, 0.4) is 0 Å². The molecule has 1 aliphatic rings. The topological polar surface area (TPSA) is 54.5 Å². The zero-order chi connectivity index (χ0) is 15.4. The Bertz CT molecular complexity index is 656. The van der Waals surface area contributed by atoms with E-state index in [0.29, 0.717) is 17.9 Å². The quantitative estimate of drug-likeness (QED) is 0.917. The van der Waals surface area contributed by atoms with Gasteiger partial charge >= 0.3 is 0 Å². The number of nitrogens with one attached hydrogen (secondary N) is 1. The second kappa shape index (κ2) is 8.29. The summed E-state index contributed by atoms with van der Waals surface area (Å²) in [4.78, 5) is 18.7. The third-order valence-electron chi connectivity index (χ3n) is 3.54. The van der Waals surface area contributed by atoms with E-state index in [4.69, 9.17) is 4.74 Å². The van der Waals surface area contributed by atoms with Crippen LogP contribution >= 0.6 is 23.7 Å². The highest BCUT2D eigenvalue weighted by Crippen LogP contribution is 2.17. The Hall–Kier alpha value is -1.63. The molecule has 1 aliphatic heterocycles. The molecule has 1 saturated heterocycles. The van der Waals surface area contributed by atoms with E-state index in [-0.39, 0.29) is 18.3 Å². The molecule has 0 spiro atoms. The molecule has 0 bridgehead atoms. The van der Waals surface area contributed by atoms with Gasteiger partial charge in [0, 0.05) is 37.1 Å². The lowest BCUT2D eigenvalue weighted by Gasteiger charge is -2.27. The number of aromatic nitrogens is 1. The number of nitrogens with zero attached hydrogens (tertiary/aromatic N) is 2. The van der Waals surface area contributed by atoms with Gasteiger partial charge in [-0.15, -0.1) is 23.7 Å². The lowest BCUT2D eigenvalue weighted by molar-refractivity contribution is 0.0735. The molecule has 1 N–H and O–H groups in total. The number of hydrogen-bond donors (Lipinski definition) is 1. The molecular weight excluding hydrogens is 334 g/mol. The number of rotatable bonds is 4. The van der Waals surface area contributed by atoms with Crippen LogP contribution < -0.4 is 10.1 Å². The largest absolute Gasteiger partial charge is 0.487 e. The molecule has 1 amide bonds. The number of halogens is 1. The van der Waals surface area contributed by atoms with Gasteiger partial charge in [0.1, 0.15) is 12.4 Å². The number of carbonyl (C=O) groups is 1. The first-order valence-corrected chi connectivity index (χ1v) is 8.24. The van der Waals surface area contributed by atoms with Crippen molar-refractivity contribution in [3.05, 3.63) is 45.9 Å². The van der Waals surface area contributed by atoms with E-state index < -0.39 is 0 Å². The van der Waals surface area contributed by atoms with Crippen molar-refractivity contribution in [2.24, 2.45) is 0 Å². The first-order valence-electron chi connectivity index (χ1n) is 7.36. The third-order valence-corrected chi connectivity index (χ3v) is 4.36. The highest BCUT2D eigenvalue weighted by Gasteiger charge is 2.18. The van der Waals surface area contributed by atoms with Crippen LogP contribution in [0.1, 0.15) is 21.1 Å². The molecule has 0 radical (unpaired) electrons. The van der Waals surface area contributed by atoms with Crippen molar-refractivity contribution < 1.29 is 9.53 Å². The zero-order valence-corrected chi connectivity index (χ0v) is 14.6. The summed E-state index contributed by atoms with van der Waals surface area (Å²) in [6.45, 7) is 5.61. The average Bonchev–Trinajstić information content (AvgIpc) is 2.99. The maximum atomic E-state index is 12.5. The number of piperazine rings is 1. The molecule has 1 fully saturated rings. The molecule has 5 nitrogen and oxygen atoms in total. The molecule has 124 valence electrons. The van der Waals surface area contributed by atoms with Crippen molar-refractivity contribution in [2.45, 2.75) is 13.5 Å². The third kappa shape index (κ3) is 4.67. The van der Waals surface area contributed by atoms with Crippen molar-refractivity contribution in [3.63, 3.8) is 0 Å². The van der Waals surface area contributed by atoms with Crippen molar-refractivity contribution in [1.82, 2.24) is 15.2 Å². The van der Waals surface area contributed by atoms with Crippen molar-refractivity contribution >= 4 is 29.7 Å². The maximum absolute atomic E-state index is 12.5. The zero-order valence-electron chi connectivity index (χ0n) is 12.9. The molecule has 23 heavy (non-hydrogen) atoms. The SMILES string of the molecule is Cc1nc(COc2cccc(C(=O)N3CCNCC3)c2)cs1.Cl. The van der Waals surface area contributed by atoms with Gasteiger partial charge in [0.05, 0.1) is 10.7 Å². The molecule has 1 aromatic heterocycles. The van der Waals surface area contributed by atoms with Gasteiger partial charge < -0.3 is 15.0 Å². The lowest BCUT2D eigenvalue weighted by atomic mass is 10.1. The van der Waals surface area contributed by atoms with Gasteiger partial charge in [-0.1, -0.05) is 6.07 Å². The van der Waals surface area contributed by atoms with Crippen molar-refractivity contribution in [2.75, 3.05) is 26.2 Å². The Morgan fingerprint density at radius 1 is 1.39 bits per heavy atom. The van der Waals surface area contributed by atoms with Crippen LogP contribution in [0.4, 0.5) is 0 Å². The smallest absolute Gasteiger partial charge is 0.254 e. The Kier molecular flexibility index (Phi) is 6.38. The minimum atomic E-state index is 0. The minimum Gasteiger partial charge on any atom is -0.487 e. The van der Waals surface area contributed by atoms with Crippen LogP contribution in [0.5, 0.6) is 5.75 Å². The predicted molar refractivity (Wildman–Crippen MR) is 93.6 cm³/mol. The number of thiazole rings is 1. The first kappa shape index (κ1) is 17.7. The molecule has 0 atom stereocenters. The van der Waals surface area contributed by atoms with E-state index >= 15 is 0 Å². The molecule has 2 heterocycles. The van der Waals surface area contributed by atoms with Crippen LogP contribution in [-0.2, 0) is 6.61 Å². The van der Waals surface area contributed by atoms with Gasteiger partial charge in [0.2, 0.25) is 0 Å². The number of amides is 1. The van der Waals surface area contributed by atoms with Crippen molar-refractivity contribution in [1.29, 1.82) is 0 Å². The van der Waals surface area contributed by atoms with Gasteiger partial charge in [-0.3, -0.25) is 4.79 Å². The second-order valence-electron chi connectivity index (χ2n) is 5.22. The van der Waals surface area contributed by atoms with Gasteiger partial charge in [0.25, 0.3) is 5.91 Å². The molecule has 0 saturated carbocycles. The number of aryl methyl sites for hydroxylation is 1. The fraction of sp³-hybridized carbons (Fsp3) is 0.375. The minimum absolute atomic E-state index is 0. The monoisotopic (exact) mass is 353 g/mol. The molecule has 0 aliphatic carbocycles. The predicted octanol–water partition coefficient (Wildman–Crippen LogP) is 2.50. The summed E-state index contributed by atoms with van der Waals surface area (Å²) in [7, 11) is 0. The summed E-state index contributed by atoms with van der Waals surface area (Å²) < 4.78 is 5.74. The fourth-order valence-corrected chi connectivity index (χ4v) is 3.00. The highest BCUT2D eigenvalue weighted by molar-refractivity contribution is 7.09. The highest BCUT2D eigenvalue weighted by atomic mass is 35.5. The van der Waals surface area contributed by atoms with E-state index in [1.807, 2.05) is 41.5 Å². The summed E-state index contributed by atoms with van der Waals surface area (Å²) in [5.41, 5.74) is 1.59. The van der Waals surface area contributed by atoms with Gasteiger partial charge in [-0.25, -0.2) is 4.98 Å². The van der Waals surface area contributed by atoms with E-state index in [1.54, 1.807) is 11.3 Å². The van der Waals surface area contributed by atoms with E-state index in [0.717, 1.165) is 36.9 Å². The van der Waals surface area contributed by atoms with E-state index in [1.165, 1.54) is 0 Å². The number of hydrogen-bond acceptors (Lipinski definition) is 5. The van der Waals surface area contributed by atoms with Crippen LogP contribution in [0.15, 0.2) is 29.6 Å². The van der Waals surface area contributed by atoms with Gasteiger partial charge in [0.15, 0.2) is 0 Å². The maximum Gasteiger partial charge on any atom is 0.254 e. The Labute approximate surface area is 146 Å². The number of benzene rings is 1. The van der Waals surface area contributed by atoms with Crippen LogP contribution in [0.25, 0.3) is 0 Å². The summed E-state index contributed by atoms with van der Waals surface area (Å²) in [6.07, 6.45) is 0. The van der Waals surface area contributed by atoms with Crippen LogP contribution in [0.2, 0.25) is 0 Å². The summed E-state index contributed by atoms with van der Waals surface area (Å²) in [6, 6.07) is 7.37. The summed E-state index contributed by atoms with van der Waals surface area (Å²) in [5, 5.41) is 6.27. The second-order valence-corrected chi connectivity index (χ2v) is 6.28. The molecule has 7 heteroatoms. The Morgan fingerprint density at radius 3 is 2.87 bits per heavy atom. The van der Waals surface area contributed by atoms with Crippen LogP contribution in [-0.4, -0.2) is 42.0 Å². The van der Waals surface area contributed by atoms with Gasteiger partial charge in [-0.05, 0) is 25.1 Å². The average molecular weight is 354 g/mol. The van der Waals surface area contributed by atoms with Crippen LogP contribution in [0, 0.1) is 6.92 Å². The summed E-state index contributed by atoms with van der Waals surface area (Å²) in [5.74, 6) is 0.767. The molecule has 1 aromatic carbocycles. The van der Waals surface area contributed by atoms with Gasteiger partial charge in [-0.2, -0.15) is 0 Å². The normalized spacial score (nSPS) is 14.2. The van der Waals surface area contributed by atoms with Crippen molar-refractivity contribution in [3.8, 4) is 5.75 Å². The van der Waals surface area contributed by atoms with E-state index in [9.17, 15) is 4.79 Å². The summed E-state index contributed by atoms with van der Waals surface area (Å²) >= 11 is 1.61. The first-order chi connectivity index (χ1) is 10.7. The Balaban J connectivity index is 0.00000192. The molecular formula is C16H20ClN3O2S. The van der Waals surface area contributed by atoms with E-state index in [2.05, 4.69) is 10.3 Å². The molecule has 0 unspecified atom stereocenters. The Morgan fingerprint density at radius 2 is 2.17 bits per heavy atom.